The molecule has 2 aliphatic heterocycles. The van der Waals surface area contributed by atoms with Crippen molar-refractivity contribution < 1.29 is 4.74 Å². The quantitative estimate of drug-likeness (QED) is 0.898. The monoisotopic (exact) mass is 304 g/mol. The molecule has 2 fully saturated rings. The summed E-state index contributed by atoms with van der Waals surface area (Å²) in [6.07, 6.45) is 2.39. The first-order valence-corrected chi connectivity index (χ1v) is 6.51. The first-order chi connectivity index (χ1) is 8.39. The van der Waals surface area contributed by atoms with Gasteiger partial charge in [0.05, 0.1) is 11.6 Å². The Morgan fingerprint density at radius 1 is 1.26 bits per heavy atom. The third-order valence-corrected chi connectivity index (χ3v) is 3.94. The van der Waals surface area contributed by atoms with Crippen molar-refractivity contribution in [1.82, 2.24) is 10.6 Å². The molecule has 0 unspecified atom stereocenters. The minimum Gasteiger partial charge on any atom is -0.372 e. The summed E-state index contributed by atoms with van der Waals surface area (Å²) in [6, 6.07) is 11.0. The van der Waals surface area contributed by atoms with Crippen molar-refractivity contribution in [1.29, 1.82) is 0 Å². The fraction of sp³-hybridized carbons (Fsp3) is 0.571. The predicted octanol–water partition coefficient (Wildman–Crippen LogP) is 2.14. The molecular formula is C14H22Cl2N2O. The number of rotatable bonds is 3. The van der Waals surface area contributed by atoms with Gasteiger partial charge in [-0.25, -0.2) is 0 Å². The lowest BCUT2D eigenvalue weighted by Crippen LogP contribution is -2.49. The van der Waals surface area contributed by atoms with E-state index in [2.05, 4.69) is 41.0 Å². The van der Waals surface area contributed by atoms with E-state index in [1.165, 1.54) is 18.4 Å². The topological polar surface area (TPSA) is 33.3 Å². The van der Waals surface area contributed by atoms with Crippen molar-refractivity contribution in [3.8, 4) is 0 Å². The molecule has 19 heavy (non-hydrogen) atoms. The molecule has 3 rings (SSSR count). The molecule has 0 aromatic heterocycles. The summed E-state index contributed by atoms with van der Waals surface area (Å²) in [7, 11) is 0. The molecular weight excluding hydrogens is 283 g/mol. The maximum atomic E-state index is 5.98. The fourth-order valence-electron chi connectivity index (χ4n) is 2.97. The zero-order valence-corrected chi connectivity index (χ0v) is 12.6. The molecule has 0 radical (unpaired) electrons. The summed E-state index contributed by atoms with van der Waals surface area (Å²) in [5.41, 5.74) is 1.40. The van der Waals surface area contributed by atoms with Gasteiger partial charge in [-0.3, -0.25) is 0 Å². The highest BCUT2D eigenvalue weighted by Crippen LogP contribution is 2.31. The predicted molar refractivity (Wildman–Crippen MR) is 82.4 cm³/mol. The standard InChI is InChI=1S/C14H20N2O.2ClH/c1-2-5-12(6-3-1)9-16-13-10-15-11-14(13)7-4-8-17-14;;/h1-3,5-6,13,15-16H,4,7-11H2;2*1H/t13-,14-;;/m1../s1. The Morgan fingerprint density at radius 3 is 2.74 bits per heavy atom. The van der Waals surface area contributed by atoms with Crippen LogP contribution in [0.15, 0.2) is 30.3 Å². The molecule has 2 heterocycles. The summed E-state index contributed by atoms with van der Waals surface area (Å²) >= 11 is 0. The minimum atomic E-state index is 0. The van der Waals surface area contributed by atoms with Crippen molar-refractivity contribution in [3.05, 3.63) is 35.9 Å². The summed E-state index contributed by atoms with van der Waals surface area (Å²) in [5, 5.41) is 7.10. The van der Waals surface area contributed by atoms with Gasteiger partial charge in [0.15, 0.2) is 0 Å². The number of halogens is 2. The Kier molecular flexibility index (Phi) is 6.57. The number of benzene rings is 1. The first-order valence-electron chi connectivity index (χ1n) is 6.51. The van der Waals surface area contributed by atoms with Gasteiger partial charge < -0.3 is 15.4 Å². The molecule has 2 aliphatic rings. The van der Waals surface area contributed by atoms with Gasteiger partial charge in [-0.05, 0) is 18.4 Å². The van der Waals surface area contributed by atoms with Crippen LogP contribution in [0.25, 0.3) is 0 Å². The van der Waals surface area contributed by atoms with Crippen molar-refractivity contribution in [2.45, 2.75) is 31.0 Å². The third kappa shape index (κ3) is 3.61. The highest BCUT2D eigenvalue weighted by molar-refractivity contribution is 5.85. The Bertz CT molecular complexity index is 363. The van der Waals surface area contributed by atoms with E-state index in [0.29, 0.717) is 6.04 Å². The van der Waals surface area contributed by atoms with Gasteiger partial charge in [0.2, 0.25) is 0 Å². The lowest BCUT2D eigenvalue weighted by Gasteiger charge is -2.30. The van der Waals surface area contributed by atoms with Crippen molar-refractivity contribution in [3.63, 3.8) is 0 Å². The van der Waals surface area contributed by atoms with Crippen LogP contribution in [0.3, 0.4) is 0 Å². The second-order valence-electron chi connectivity index (χ2n) is 5.07. The van der Waals surface area contributed by atoms with E-state index in [4.69, 9.17) is 4.74 Å². The van der Waals surface area contributed by atoms with Crippen LogP contribution in [0.2, 0.25) is 0 Å². The van der Waals surface area contributed by atoms with Crippen LogP contribution in [0, 0.1) is 0 Å². The van der Waals surface area contributed by atoms with Crippen LogP contribution in [0.4, 0.5) is 0 Å². The van der Waals surface area contributed by atoms with Crippen molar-refractivity contribution >= 4 is 24.8 Å². The summed E-state index contributed by atoms with van der Waals surface area (Å²) in [4.78, 5) is 0. The maximum Gasteiger partial charge on any atom is 0.0971 e. The largest absolute Gasteiger partial charge is 0.372 e. The number of hydrogen-bond acceptors (Lipinski definition) is 3. The van der Waals surface area contributed by atoms with Crippen LogP contribution >= 0.6 is 24.8 Å². The second kappa shape index (κ2) is 7.46. The van der Waals surface area contributed by atoms with Crippen LogP contribution < -0.4 is 10.6 Å². The normalized spacial score (nSPS) is 28.9. The third-order valence-electron chi connectivity index (χ3n) is 3.94. The van der Waals surface area contributed by atoms with E-state index in [0.717, 1.165) is 26.2 Å². The highest BCUT2D eigenvalue weighted by atomic mass is 35.5. The van der Waals surface area contributed by atoms with Gasteiger partial charge in [0.1, 0.15) is 0 Å². The van der Waals surface area contributed by atoms with E-state index < -0.39 is 0 Å². The Morgan fingerprint density at radius 2 is 2.05 bits per heavy atom. The van der Waals surface area contributed by atoms with Crippen LogP contribution in [-0.2, 0) is 11.3 Å². The van der Waals surface area contributed by atoms with Crippen molar-refractivity contribution in [2.24, 2.45) is 0 Å². The van der Waals surface area contributed by atoms with Crippen LogP contribution in [0.5, 0.6) is 0 Å². The minimum absolute atomic E-state index is 0. The molecule has 2 N–H and O–H groups in total. The lowest BCUT2D eigenvalue weighted by molar-refractivity contribution is 0.000187. The van der Waals surface area contributed by atoms with E-state index in [1.54, 1.807) is 0 Å². The van der Waals surface area contributed by atoms with Crippen LogP contribution in [-0.4, -0.2) is 31.3 Å². The summed E-state index contributed by atoms with van der Waals surface area (Å²) < 4.78 is 5.98. The molecule has 0 amide bonds. The summed E-state index contributed by atoms with van der Waals surface area (Å²) in [6.45, 7) is 3.87. The van der Waals surface area contributed by atoms with E-state index in [9.17, 15) is 0 Å². The van der Waals surface area contributed by atoms with Gasteiger partial charge in [0, 0.05) is 26.2 Å². The molecule has 0 saturated carbocycles. The summed E-state index contributed by atoms with van der Waals surface area (Å²) in [5.74, 6) is 0. The van der Waals surface area contributed by atoms with Crippen molar-refractivity contribution in [2.75, 3.05) is 19.7 Å². The molecule has 1 aromatic rings. The number of hydrogen-bond donors (Lipinski definition) is 2. The SMILES string of the molecule is Cl.Cl.c1ccc(CN[C@@H]2CNC[C@]23CCCO3)cc1. The molecule has 1 spiro atoms. The molecule has 2 atom stereocenters. The molecule has 2 saturated heterocycles. The molecule has 0 aliphatic carbocycles. The maximum absolute atomic E-state index is 5.98. The molecule has 108 valence electrons. The smallest absolute Gasteiger partial charge is 0.0971 e. The lowest BCUT2D eigenvalue weighted by atomic mass is 9.94. The zero-order valence-electron chi connectivity index (χ0n) is 10.9. The van der Waals surface area contributed by atoms with Crippen LogP contribution in [0.1, 0.15) is 18.4 Å². The highest BCUT2D eigenvalue weighted by Gasteiger charge is 2.45. The van der Waals surface area contributed by atoms with Gasteiger partial charge in [0.25, 0.3) is 0 Å². The molecule has 3 nitrogen and oxygen atoms in total. The zero-order chi connectivity index (χ0) is 11.6. The second-order valence-corrected chi connectivity index (χ2v) is 5.07. The van der Waals surface area contributed by atoms with E-state index in [-0.39, 0.29) is 30.4 Å². The van der Waals surface area contributed by atoms with Gasteiger partial charge >= 0.3 is 0 Å². The van der Waals surface area contributed by atoms with Gasteiger partial charge in [-0.15, -0.1) is 24.8 Å². The Balaban J connectivity index is 0.000000902. The molecule has 1 aromatic carbocycles. The number of ether oxygens (including phenoxy) is 1. The average molecular weight is 305 g/mol. The van der Waals surface area contributed by atoms with Gasteiger partial charge in [-0.1, -0.05) is 30.3 Å². The van der Waals surface area contributed by atoms with E-state index in [1.807, 2.05) is 0 Å². The Labute approximate surface area is 127 Å². The first kappa shape index (κ1) is 16.7. The van der Waals surface area contributed by atoms with Gasteiger partial charge in [-0.2, -0.15) is 0 Å². The fourth-order valence-corrected chi connectivity index (χ4v) is 2.97. The average Bonchev–Trinajstić information content (AvgIpc) is 3.00. The molecule has 0 bridgehead atoms. The van der Waals surface area contributed by atoms with E-state index >= 15 is 0 Å². The Hall–Kier alpha value is -0.320. The molecule has 5 heteroatoms. The number of nitrogens with one attached hydrogen (secondary N) is 2.